The van der Waals surface area contributed by atoms with E-state index in [0.29, 0.717) is 47.0 Å². The Balaban J connectivity index is 0.802. The summed E-state index contributed by atoms with van der Waals surface area (Å²) in [5.41, 5.74) is 1.50. The largest absolute Gasteiger partial charge is 0.462 e. The number of hydrogen-bond donors (Lipinski definition) is 0. The molecule has 16 atom stereocenters. The van der Waals surface area contributed by atoms with Crippen molar-refractivity contribution >= 4 is 23.9 Å². The number of allylic oxidation sites excluding steroid dienone is 1. The van der Waals surface area contributed by atoms with Crippen molar-refractivity contribution < 1.29 is 38.1 Å². The van der Waals surface area contributed by atoms with Gasteiger partial charge in [0.1, 0.15) is 24.4 Å². The monoisotopic (exact) mass is 576 g/mol. The van der Waals surface area contributed by atoms with Gasteiger partial charge in [0, 0.05) is 17.4 Å². The topological polar surface area (TPSA) is 105 Å². The van der Waals surface area contributed by atoms with Crippen molar-refractivity contribution in [2.24, 2.45) is 71.0 Å². The van der Waals surface area contributed by atoms with Crippen LogP contribution in [0.5, 0.6) is 0 Å². The van der Waals surface area contributed by atoms with Gasteiger partial charge in [-0.05, 0) is 106 Å². The summed E-state index contributed by atoms with van der Waals surface area (Å²) in [6.45, 7) is 5.44. The number of carbonyl (C=O) groups excluding carboxylic acids is 4. The van der Waals surface area contributed by atoms with Crippen molar-refractivity contribution in [2.45, 2.75) is 89.1 Å². The van der Waals surface area contributed by atoms with E-state index in [1.54, 1.807) is 6.92 Å². The van der Waals surface area contributed by atoms with Crippen molar-refractivity contribution in [3.05, 3.63) is 23.8 Å². The van der Waals surface area contributed by atoms with E-state index >= 15 is 0 Å². The van der Waals surface area contributed by atoms with E-state index in [4.69, 9.17) is 18.9 Å². The van der Waals surface area contributed by atoms with Crippen molar-refractivity contribution in [3.8, 4) is 0 Å². The highest BCUT2D eigenvalue weighted by Gasteiger charge is 2.67. The van der Waals surface area contributed by atoms with Crippen molar-refractivity contribution in [3.63, 3.8) is 0 Å². The number of rotatable bonds is 7. The lowest BCUT2D eigenvalue weighted by Gasteiger charge is -2.40. The zero-order valence-corrected chi connectivity index (χ0v) is 24.2. The highest BCUT2D eigenvalue weighted by Crippen LogP contribution is 2.68. The third kappa shape index (κ3) is 3.59. The van der Waals surface area contributed by atoms with E-state index in [2.05, 4.69) is 12.7 Å². The number of hydrogen-bond acceptors (Lipinski definition) is 8. The molecule has 0 spiro atoms. The van der Waals surface area contributed by atoms with Crippen LogP contribution in [-0.4, -0.2) is 48.3 Å². The van der Waals surface area contributed by atoms with Gasteiger partial charge in [-0.1, -0.05) is 18.2 Å². The van der Waals surface area contributed by atoms with Gasteiger partial charge in [0.05, 0.1) is 18.3 Å². The first-order valence-electron chi connectivity index (χ1n) is 16.4. The molecule has 8 aliphatic carbocycles. The van der Waals surface area contributed by atoms with Crippen LogP contribution in [0.2, 0.25) is 0 Å². The SMILES string of the molecule is C=C(C)C(=O)OC1CC2CC1C1C3CC(OC(=O)CC4=CC5CC(C(=O)OC6C7CC8C(=O)OC6C8C7)C4C5)C(C3)C21. The molecule has 8 bridgehead atoms. The summed E-state index contributed by atoms with van der Waals surface area (Å²) >= 11 is 0. The summed E-state index contributed by atoms with van der Waals surface area (Å²) in [7, 11) is 0. The molecular formula is C34H40O8. The maximum atomic E-state index is 13.4. The molecule has 0 amide bonds. The van der Waals surface area contributed by atoms with Gasteiger partial charge < -0.3 is 18.9 Å². The summed E-state index contributed by atoms with van der Waals surface area (Å²) in [5, 5.41) is 0. The molecule has 8 fully saturated rings. The Morgan fingerprint density at radius 2 is 1.52 bits per heavy atom. The Morgan fingerprint density at radius 3 is 2.21 bits per heavy atom. The fourth-order valence-corrected chi connectivity index (χ4v) is 12.2. The Kier molecular flexibility index (Phi) is 5.50. The first-order chi connectivity index (χ1) is 20.2. The van der Waals surface area contributed by atoms with Gasteiger partial charge in [-0.25, -0.2) is 4.79 Å². The van der Waals surface area contributed by atoms with Gasteiger partial charge in [-0.15, -0.1) is 0 Å². The van der Waals surface area contributed by atoms with E-state index in [9.17, 15) is 19.2 Å². The minimum Gasteiger partial charge on any atom is -0.462 e. The summed E-state index contributed by atoms with van der Waals surface area (Å²) in [6.07, 6.45) is 9.34. The lowest BCUT2D eigenvalue weighted by Crippen LogP contribution is -2.42. The van der Waals surface area contributed by atoms with Gasteiger partial charge >= 0.3 is 23.9 Å². The van der Waals surface area contributed by atoms with Crippen LogP contribution in [-0.2, 0) is 38.1 Å². The van der Waals surface area contributed by atoms with E-state index in [1.165, 1.54) is 0 Å². The maximum absolute atomic E-state index is 13.4. The Bertz CT molecular complexity index is 1320. The van der Waals surface area contributed by atoms with Gasteiger partial charge in [-0.2, -0.15) is 0 Å². The number of esters is 4. The van der Waals surface area contributed by atoms with Crippen LogP contribution in [0.3, 0.4) is 0 Å². The molecule has 0 aromatic heterocycles. The van der Waals surface area contributed by atoms with Crippen LogP contribution < -0.4 is 0 Å². The molecule has 1 aliphatic heterocycles. The first kappa shape index (κ1) is 25.8. The normalized spacial score (nSPS) is 51.1. The molecule has 1 saturated heterocycles. The molecule has 8 nitrogen and oxygen atoms in total. The molecule has 9 rings (SSSR count). The van der Waals surface area contributed by atoms with Crippen LogP contribution >= 0.6 is 0 Å². The second-order valence-electron chi connectivity index (χ2n) is 15.4. The van der Waals surface area contributed by atoms with E-state index in [0.717, 1.165) is 56.9 Å². The van der Waals surface area contributed by atoms with Gasteiger partial charge in [-0.3, -0.25) is 14.4 Å². The molecule has 16 unspecified atom stereocenters. The maximum Gasteiger partial charge on any atom is 0.333 e. The molecule has 0 aromatic carbocycles. The van der Waals surface area contributed by atoms with Crippen molar-refractivity contribution in [1.82, 2.24) is 0 Å². The number of fused-ring (bicyclic) bond motifs is 12. The third-order valence-corrected chi connectivity index (χ3v) is 13.4. The highest BCUT2D eigenvalue weighted by molar-refractivity contribution is 5.87. The summed E-state index contributed by atoms with van der Waals surface area (Å²) < 4.78 is 23.7. The first-order valence-corrected chi connectivity index (χ1v) is 16.4. The van der Waals surface area contributed by atoms with Crippen molar-refractivity contribution in [2.75, 3.05) is 0 Å². The summed E-state index contributed by atoms with van der Waals surface area (Å²) in [5.74, 6) is 2.96. The van der Waals surface area contributed by atoms with Gasteiger partial charge in [0.25, 0.3) is 0 Å². The zero-order valence-electron chi connectivity index (χ0n) is 24.2. The molecule has 0 N–H and O–H groups in total. The van der Waals surface area contributed by atoms with Crippen LogP contribution in [0.25, 0.3) is 0 Å². The Labute approximate surface area is 245 Å². The number of ether oxygens (including phenoxy) is 4. The zero-order chi connectivity index (χ0) is 28.6. The highest BCUT2D eigenvalue weighted by atomic mass is 16.6. The van der Waals surface area contributed by atoms with E-state index < -0.39 is 0 Å². The van der Waals surface area contributed by atoms with Gasteiger partial charge in [0.2, 0.25) is 0 Å². The Morgan fingerprint density at radius 1 is 0.833 bits per heavy atom. The van der Waals surface area contributed by atoms with Crippen LogP contribution in [0.1, 0.15) is 64.7 Å². The fourth-order valence-electron chi connectivity index (χ4n) is 12.2. The lowest BCUT2D eigenvalue weighted by molar-refractivity contribution is -0.166. The van der Waals surface area contributed by atoms with Gasteiger partial charge in [0.15, 0.2) is 0 Å². The van der Waals surface area contributed by atoms with Crippen molar-refractivity contribution in [1.29, 1.82) is 0 Å². The molecule has 224 valence electrons. The average Bonchev–Trinajstić information content (AvgIpc) is 3.77. The molecule has 42 heavy (non-hydrogen) atoms. The second-order valence-corrected chi connectivity index (χ2v) is 15.4. The average molecular weight is 577 g/mol. The quantitative estimate of drug-likeness (QED) is 0.146. The minimum absolute atomic E-state index is 0.00560. The van der Waals surface area contributed by atoms with Crippen LogP contribution in [0, 0.1) is 71.0 Å². The fraction of sp³-hybridized carbons (Fsp3) is 0.765. The molecule has 7 saturated carbocycles. The molecule has 8 heteroatoms. The standard InChI is InChI=1S/C34H40O8/c1-13(2)32(36)40-26-11-17-7-24(26)29-16-6-23(28(17)29)25(10-16)39-27(35)12-15-3-14-4-19(15)21(5-14)33(37)41-30-18-8-20-22(9-18)34(38)42-31(20)30/h3,14,16-26,28-31H,1,4-12H2,2H3. The van der Waals surface area contributed by atoms with Crippen LogP contribution in [0.15, 0.2) is 23.8 Å². The molecule has 9 aliphatic rings. The van der Waals surface area contributed by atoms with E-state index in [-0.39, 0.29) is 84.3 Å². The predicted octanol–water partition coefficient (Wildman–Crippen LogP) is 4.16. The molecule has 0 radical (unpaired) electrons. The predicted molar refractivity (Wildman–Crippen MR) is 146 cm³/mol. The second kappa shape index (κ2) is 8.95. The summed E-state index contributed by atoms with van der Waals surface area (Å²) in [6, 6.07) is 0. The third-order valence-electron chi connectivity index (χ3n) is 13.4. The molecule has 1 heterocycles. The molecule has 0 aromatic rings. The summed E-state index contributed by atoms with van der Waals surface area (Å²) in [4.78, 5) is 50.9. The number of carbonyl (C=O) groups is 4. The van der Waals surface area contributed by atoms with Crippen LogP contribution in [0.4, 0.5) is 0 Å². The van der Waals surface area contributed by atoms with E-state index in [1.807, 2.05) is 0 Å². The molecular weight excluding hydrogens is 536 g/mol. The minimum atomic E-state index is -0.303. The smallest absolute Gasteiger partial charge is 0.333 e. The Hall–Kier alpha value is -2.64. The lowest BCUT2D eigenvalue weighted by atomic mass is 9.69.